The van der Waals surface area contributed by atoms with Gasteiger partial charge in [0.15, 0.2) is 26.7 Å². The summed E-state index contributed by atoms with van der Waals surface area (Å²) in [5, 5.41) is 1.29. The number of aryl methyl sites for hydroxylation is 3. The number of hydrogen-bond donors (Lipinski definition) is 0. The molecular weight excluding hydrogens is 567 g/mol. The predicted molar refractivity (Wildman–Crippen MR) is 154 cm³/mol. The number of halogens is 1. The van der Waals surface area contributed by atoms with Crippen molar-refractivity contribution < 1.29 is 14.3 Å². The molecule has 1 heterocycles. The van der Waals surface area contributed by atoms with Gasteiger partial charge in [0.05, 0.1) is 0 Å². The number of carbonyl (C=O) groups is 1. The van der Waals surface area contributed by atoms with E-state index in [9.17, 15) is 4.79 Å². The van der Waals surface area contributed by atoms with Crippen LogP contribution in [0, 0.1) is 36.2 Å². The number of esters is 1. The normalized spacial score (nSPS) is 11.7. The van der Waals surface area contributed by atoms with Crippen LogP contribution in [0.3, 0.4) is 0 Å². The maximum absolute atomic E-state index is 12.5. The average molecular weight is 596 g/mol. The second kappa shape index (κ2) is 10.4. The Kier molecular flexibility index (Phi) is 7.53. The van der Waals surface area contributed by atoms with Crippen molar-refractivity contribution in [3.63, 3.8) is 0 Å². The molecule has 0 bridgehead atoms. The third-order valence-electron chi connectivity index (χ3n) is 5.54. The molecule has 1 atom stereocenters. The fraction of sp³-hybridized carbons (Fsp3) is 0.233. The van der Waals surface area contributed by atoms with Gasteiger partial charge >= 0.3 is 5.97 Å². The summed E-state index contributed by atoms with van der Waals surface area (Å²) in [6.45, 7) is 9.65. The van der Waals surface area contributed by atoms with Crippen LogP contribution < -0.4 is 4.74 Å². The molecule has 0 fully saturated rings. The molecule has 0 aliphatic heterocycles. The van der Waals surface area contributed by atoms with E-state index in [2.05, 4.69) is 83.8 Å². The Balaban J connectivity index is 1.46. The largest absolute Gasteiger partial charge is 0.481 e. The van der Waals surface area contributed by atoms with Gasteiger partial charge in [0.25, 0.3) is 0 Å². The molecule has 4 aromatic rings. The number of ether oxygens (including phenoxy) is 2. The minimum Gasteiger partial charge on any atom is -0.481 e. The molecule has 4 rings (SSSR count). The monoisotopic (exact) mass is 595 g/mol. The molecule has 3 nitrogen and oxygen atoms in total. The minimum atomic E-state index is -0.918. The first-order chi connectivity index (χ1) is 16.6. The zero-order valence-electron chi connectivity index (χ0n) is 20.6. The van der Waals surface area contributed by atoms with E-state index < -0.39 is 11.6 Å². The Labute approximate surface area is 223 Å². The molecule has 1 aromatic heterocycles. The molecular formula is C30H28IO3S+. The van der Waals surface area contributed by atoms with Crippen molar-refractivity contribution in [3.05, 3.63) is 91.9 Å². The molecule has 5 heteroatoms. The van der Waals surface area contributed by atoms with Crippen LogP contribution in [0.1, 0.15) is 35.4 Å². The maximum Gasteiger partial charge on any atom is 0.345 e. The standard InChI is InChI=1S/C30H28IO3S/c1-20-16-26(35-22(3)18-24-8-6-7-9-27(24)35)17-21(2)29(20)33-19-28(32)34-30(4,5)15-14-23-10-12-25(31)13-11-23/h6-13,16-18H,19H2,1-5H3/q+1. The van der Waals surface area contributed by atoms with Crippen molar-refractivity contribution in [3.8, 4) is 22.5 Å². The van der Waals surface area contributed by atoms with Gasteiger partial charge in [0.1, 0.15) is 5.75 Å². The highest BCUT2D eigenvalue weighted by atomic mass is 127. The third-order valence-corrected chi connectivity index (χ3v) is 8.54. The summed E-state index contributed by atoms with van der Waals surface area (Å²) in [6, 6.07) is 23.1. The van der Waals surface area contributed by atoms with Gasteiger partial charge < -0.3 is 9.47 Å². The Bertz CT molecular complexity index is 1430. The van der Waals surface area contributed by atoms with Crippen LogP contribution in [0.4, 0.5) is 0 Å². The number of fused-ring (bicyclic) bond motifs is 1. The summed E-state index contributed by atoms with van der Waals surface area (Å²) in [4.78, 5) is 15.2. The number of hydrogen-bond acceptors (Lipinski definition) is 3. The molecule has 0 saturated heterocycles. The molecule has 0 radical (unpaired) electrons. The van der Waals surface area contributed by atoms with Crippen molar-refractivity contribution >= 4 is 49.1 Å². The Morgan fingerprint density at radius 3 is 2.31 bits per heavy atom. The summed E-state index contributed by atoms with van der Waals surface area (Å²) in [5.41, 5.74) is 1.98. The molecule has 0 aliphatic rings. The van der Waals surface area contributed by atoms with Crippen LogP contribution in [0.5, 0.6) is 5.75 Å². The van der Waals surface area contributed by atoms with Crippen molar-refractivity contribution in [1.82, 2.24) is 0 Å². The third kappa shape index (κ3) is 6.06. The zero-order chi connectivity index (χ0) is 25.2. The highest BCUT2D eigenvalue weighted by Gasteiger charge is 2.24. The SMILES string of the molecule is Cc1cc(-[s+]2c(C)cc3ccccc32)cc(C)c1OCC(=O)OC(C)(C)C#Cc1ccc(I)cc1. The fourth-order valence-electron chi connectivity index (χ4n) is 4.03. The molecule has 178 valence electrons. The van der Waals surface area contributed by atoms with Gasteiger partial charge in [-0.3, -0.25) is 0 Å². The lowest BCUT2D eigenvalue weighted by Crippen LogP contribution is -2.29. The molecule has 35 heavy (non-hydrogen) atoms. The van der Waals surface area contributed by atoms with Crippen molar-refractivity contribution in [1.29, 1.82) is 0 Å². The summed E-state index contributed by atoms with van der Waals surface area (Å²) in [7, 11) is -0.0867. The number of benzene rings is 3. The van der Waals surface area contributed by atoms with Crippen LogP contribution >= 0.6 is 33.1 Å². The lowest BCUT2D eigenvalue weighted by molar-refractivity contribution is -0.154. The number of carbonyl (C=O) groups excluding carboxylic acids is 1. The molecule has 1 unspecified atom stereocenters. The van der Waals surface area contributed by atoms with E-state index in [1.54, 1.807) is 13.8 Å². The van der Waals surface area contributed by atoms with E-state index >= 15 is 0 Å². The van der Waals surface area contributed by atoms with Crippen LogP contribution in [0.2, 0.25) is 0 Å². The van der Waals surface area contributed by atoms with Gasteiger partial charge in [-0.25, -0.2) is 4.79 Å². The van der Waals surface area contributed by atoms with Crippen LogP contribution in [-0.4, -0.2) is 18.2 Å². The second-order valence-electron chi connectivity index (χ2n) is 9.02. The van der Waals surface area contributed by atoms with Gasteiger partial charge in [0.2, 0.25) is 0 Å². The van der Waals surface area contributed by atoms with Crippen molar-refractivity contribution in [2.24, 2.45) is 0 Å². The van der Waals surface area contributed by atoms with Gasteiger partial charge in [-0.05, 0) is 97.8 Å². The highest BCUT2D eigenvalue weighted by molar-refractivity contribution is 14.1. The van der Waals surface area contributed by atoms with E-state index in [1.165, 1.54) is 19.9 Å². The lowest BCUT2D eigenvalue weighted by atomic mass is 10.1. The average Bonchev–Trinajstić information content (AvgIpc) is 3.13. The molecule has 0 aliphatic carbocycles. The van der Waals surface area contributed by atoms with E-state index in [1.807, 2.05) is 38.1 Å². The molecule has 0 saturated carbocycles. The Morgan fingerprint density at radius 2 is 1.63 bits per heavy atom. The number of rotatable bonds is 5. The summed E-state index contributed by atoms with van der Waals surface area (Å²) in [5.74, 6) is 6.40. The van der Waals surface area contributed by atoms with Gasteiger partial charge in [-0.15, -0.1) is 0 Å². The van der Waals surface area contributed by atoms with Gasteiger partial charge in [0, 0.05) is 50.1 Å². The van der Waals surface area contributed by atoms with E-state index in [0.29, 0.717) is 0 Å². The molecule has 0 N–H and O–H groups in total. The smallest absolute Gasteiger partial charge is 0.345 e. The van der Waals surface area contributed by atoms with E-state index in [4.69, 9.17) is 9.47 Å². The second-order valence-corrected chi connectivity index (χ2v) is 12.4. The lowest BCUT2D eigenvalue weighted by Gasteiger charge is -2.19. The van der Waals surface area contributed by atoms with Crippen molar-refractivity contribution in [2.45, 2.75) is 40.2 Å². The Morgan fingerprint density at radius 1 is 0.971 bits per heavy atom. The van der Waals surface area contributed by atoms with Crippen LogP contribution in [0.25, 0.3) is 15.0 Å². The topological polar surface area (TPSA) is 35.5 Å². The van der Waals surface area contributed by atoms with Gasteiger partial charge in [-0.2, -0.15) is 0 Å². The minimum absolute atomic E-state index is 0.0867. The Hall–Kier alpha value is -2.82. The first kappa shape index (κ1) is 25.3. The molecule has 0 spiro atoms. The first-order valence-electron chi connectivity index (χ1n) is 11.4. The van der Waals surface area contributed by atoms with Crippen LogP contribution in [0.15, 0.2) is 66.7 Å². The van der Waals surface area contributed by atoms with Gasteiger partial charge in [-0.1, -0.05) is 24.0 Å². The molecule has 0 amide bonds. The van der Waals surface area contributed by atoms with Crippen molar-refractivity contribution in [2.75, 3.05) is 6.61 Å². The quantitative estimate of drug-likeness (QED) is 0.102. The fourth-order valence-corrected chi connectivity index (χ4v) is 6.78. The summed E-state index contributed by atoms with van der Waals surface area (Å²) >= 11 is 2.25. The van der Waals surface area contributed by atoms with E-state index in [-0.39, 0.29) is 17.1 Å². The summed E-state index contributed by atoms with van der Waals surface area (Å²) < 4.78 is 14.0. The summed E-state index contributed by atoms with van der Waals surface area (Å²) in [6.07, 6.45) is 0. The first-order valence-corrected chi connectivity index (χ1v) is 13.7. The maximum atomic E-state index is 12.5. The predicted octanol–water partition coefficient (Wildman–Crippen LogP) is 7.86. The zero-order valence-corrected chi connectivity index (χ0v) is 23.5. The number of thiophene rings is 1. The van der Waals surface area contributed by atoms with Crippen LogP contribution in [-0.2, 0) is 9.53 Å². The molecule has 3 aromatic carbocycles. The highest BCUT2D eigenvalue weighted by Crippen LogP contribution is 2.45. The van der Waals surface area contributed by atoms with E-state index in [0.717, 1.165) is 26.0 Å².